The van der Waals surface area contributed by atoms with Gasteiger partial charge in [0.15, 0.2) is 0 Å². The second-order valence-electron chi connectivity index (χ2n) is 4.64. The van der Waals surface area contributed by atoms with Crippen LogP contribution in [-0.2, 0) is 6.54 Å². The molecule has 1 aliphatic rings. The summed E-state index contributed by atoms with van der Waals surface area (Å²) in [5.41, 5.74) is 3.81. The highest BCUT2D eigenvalue weighted by Crippen LogP contribution is 2.38. The highest BCUT2D eigenvalue weighted by atomic mass is 15.1. The third kappa shape index (κ3) is 2.11. The third-order valence-corrected chi connectivity index (χ3v) is 3.24. The highest BCUT2D eigenvalue weighted by Gasteiger charge is 2.25. The Morgan fingerprint density at radius 1 is 1.29 bits per heavy atom. The zero-order chi connectivity index (χ0) is 11.7. The van der Waals surface area contributed by atoms with Crippen LogP contribution in [0.25, 0.3) is 11.3 Å². The topological polar surface area (TPSA) is 29.9 Å². The summed E-state index contributed by atoms with van der Waals surface area (Å²) >= 11 is 0. The van der Waals surface area contributed by atoms with Crippen LogP contribution in [0.3, 0.4) is 0 Å². The summed E-state index contributed by atoms with van der Waals surface area (Å²) in [7, 11) is 1.97. The molecule has 0 spiro atoms. The zero-order valence-corrected chi connectivity index (χ0v) is 10.1. The van der Waals surface area contributed by atoms with Crippen molar-refractivity contribution in [3.8, 4) is 11.3 Å². The van der Waals surface area contributed by atoms with Gasteiger partial charge in [0.25, 0.3) is 0 Å². The molecule has 0 radical (unpaired) electrons. The Balaban J connectivity index is 1.89. The Bertz CT molecular complexity index is 494. The average molecular weight is 227 g/mol. The van der Waals surface area contributed by atoms with Gasteiger partial charge >= 0.3 is 0 Å². The standard InChI is InChI=1S/C14H17N3/c1-15-8-11-2-4-12(5-3-11)14-9-16-10-17(14)13-6-7-13/h2-5,9-10,13,15H,6-8H2,1H3. The molecule has 1 N–H and O–H groups in total. The molecule has 0 unspecified atom stereocenters. The summed E-state index contributed by atoms with van der Waals surface area (Å²) in [5, 5.41) is 3.16. The zero-order valence-electron chi connectivity index (χ0n) is 10.1. The van der Waals surface area contributed by atoms with Crippen LogP contribution in [0.5, 0.6) is 0 Å². The van der Waals surface area contributed by atoms with Gasteiger partial charge in [0, 0.05) is 12.6 Å². The molecule has 88 valence electrons. The molecule has 0 amide bonds. The first kappa shape index (κ1) is 10.5. The molecular weight excluding hydrogens is 210 g/mol. The second-order valence-corrected chi connectivity index (χ2v) is 4.64. The Labute approximate surface area is 101 Å². The summed E-state index contributed by atoms with van der Waals surface area (Å²) in [6.07, 6.45) is 6.50. The van der Waals surface area contributed by atoms with Crippen LogP contribution < -0.4 is 5.32 Å². The first-order valence-electron chi connectivity index (χ1n) is 6.14. The van der Waals surface area contributed by atoms with Crippen molar-refractivity contribution in [2.24, 2.45) is 0 Å². The van der Waals surface area contributed by atoms with E-state index in [2.05, 4.69) is 39.1 Å². The maximum absolute atomic E-state index is 4.27. The summed E-state index contributed by atoms with van der Waals surface area (Å²) in [6, 6.07) is 9.40. The number of hydrogen-bond donors (Lipinski definition) is 1. The summed E-state index contributed by atoms with van der Waals surface area (Å²) < 4.78 is 2.30. The number of rotatable bonds is 4. The maximum atomic E-state index is 4.27. The number of hydrogen-bond acceptors (Lipinski definition) is 2. The van der Waals surface area contributed by atoms with Crippen molar-refractivity contribution >= 4 is 0 Å². The van der Waals surface area contributed by atoms with Crippen molar-refractivity contribution in [3.05, 3.63) is 42.4 Å². The van der Waals surface area contributed by atoms with Crippen LogP contribution >= 0.6 is 0 Å². The van der Waals surface area contributed by atoms with E-state index in [1.54, 1.807) is 0 Å². The largest absolute Gasteiger partial charge is 0.328 e. The van der Waals surface area contributed by atoms with E-state index in [1.807, 2.05) is 19.6 Å². The Morgan fingerprint density at radius 3 is 2.71 bits per heavy atom. The van der Waals surface area contributed by atoms with E-state index in [1.165, 1.54) is 29.7 Å². The molecule has 0 aliphatic heterocycles. The number of benzene rings is 1. The average Bonchev–Trinajstić information content (AvgIpc) is 3.09. The van der Waals surface area contributed by atoms with E-state index >= 15 is 0 Å². The molecule has 3 heteroatoms. The van der Waals surface area contributed by atoms with Crippen molar-refractivity contribution in [3.63, 3.8) is 0 Å². The van der Waals surface area contributed by atoms with Crippen molar-refractivity contribution in [2.75, 3.05) is 7.05 Å². The van der Waals surface area contributed by atoms with Gasteiger partial charge in [-0.15, -0.1) is 0 Å². The predicted octanol–water partition coefficient (Wildman–Crippen LogP) is 2.60. The fraction of sp³-hybridized carbons (Fsp3) is 0.357. The molecule has 3 nitrogen and oxygen atoms in total. The molecule has 2 aromatic rings. The van der Waals surface area contributed by atoms with Gasteiger partial charge in [0.1, 0.15) is 0 Å². The molecule has 1 aliphatic carbocycles. The van der Waals surface area contributed by atoms with Crippen LogP contribution in [0.15, 0.2) is 36.8 Å². The number of aromatic nitrogens is 2. The lowest BCUT2D eigenvalue weighted by molar-refractivity contribution is 0.748. The van der Waals surface area contributed by atoms with Crippen molar-refractivity contribution in [2.45, 2.75) is 25.4 Å². The van der Waals surface area contributed by atoms with Crippen molar-refractivity contribution < 1.29 is 0 Å². The van der Waals surface area contributed by atoms with Crippen molar-refractivity contribution in [1.29, 1.82) is 0 Å². The lowest BCUT2D eigenvalue weighted by Gasteiger charge is -2.07. The van der Waals surface area contributed by atoms with Crippen LogP contribution in [0.4, 0.5) is 0 Å². The summed E-state index contributed by atoms with van der Waals surface area (Å²) in [4.78, 5) is 4.27. The molecule has 1 aromatic carbocycles. The van der Waals surface area contributed by atoms with E-state index in [4.69, 9.17) is 0 Å². The summed E-state index contributed by atoms with van der Waals surface area (Å²) in [5.74, 6) is 0. The van der Waals surface area contributed by atoms with E-state index in [9.17, 15) is 0 Å². The van der Waals surface area contributed by atoms with Gasteiger partial charge in [-0.05, 0) is 31.0 Å². The number of imidazole rings is 1. The SMILES string of the molecule is CNCc1ccc(-c2cncn2C2CC2)cc1. The fourth-order valence-electron chi connectivity index (χ4n) is 2.17. The minimum absolute atomic E-state index is 0.685. The normalized spacial score (nSPS) is 15.1. The first-order chi connectivity index (χ1) is 8.38. The molecule has 1 fully saturated rings. The number of nitrogens with zero attached hydrogens (tertiary/aromatic N) is 2. The quantitative estimate of drug-likeness (QED) is 0.870. The van der Waals surface area contributed by atoms with E-state index in [-0.39, 0.29) is 0 Å². The van der Waals surface area contributed by atoms with Gasteiger partial charge in [0.05, 0.1) is 18.2 Å². The molecule has 0 saturated heterocycles. The van der Waals surface area contributed by atoms with Crippen LogP contribution in [0.1, 0.15) is 24.4 Å². The monoisotopic (exact) mass is 227 g/mol. The van der Waals surface area contributed by atoms with Gasteiger partial charge in [-0.25, -0.2) is 4.98 Å². The highest BCUT2D eigenvalue weighted by molar-refractivity contribution is 5.59. The molecular formula is C14H17N3. The molecule has 1 saturated carbocycles. The van der Waals surface area contributed by atoms with E-state index in [0.29, 0.717) is 6.04 Å². The lowest BCUT2D eigenvalue weighted by atomic mass is 10.1. The van der Waals surface area contributed by atoms with Gasteiger partial charge in [0.2, 0.25) is 0 Å². The maximum Gasteiger partial charge on any atom is 0.0953 e. The molecule has 0 atom stereocenters. The predicted molar refractivity (Wildman–Crippen MR) is 68.7 cm³/mol. The third-order valence-electron chi connectivity index (χ3n) is 3.24. The minimum atomic E-state index is 0.685. The Morgan fingerprint density at radius 2 is 2.06 bits per heavy atom. The van der Waals surface area contributed by atoms with E-state index < -0.39 is 0 Å². The minimum Gasteiger partial charge on any atom is -0.328 e. The fourth-order valence-corrected chi connectivity index (χ4v) is 2.17. The molecule has 17 heavy (non-hydrogen) atoms. The summed E-state index contributed by atoms with van der Waals surface area (Å²) in [6.45, 7) is 0.919. The van der Waals surface area contributed by atoms with Gasteiger partial charge in [-0.1, -0.05) is 24.3 Å². The molecule has 0 bridgehead atoms. The van der Waals surface area contributed by atoms with Crippen LogP contribution in [0.2, 0.25) is 0 Å². The van der Waals surface area contributed by atoms with Crippen molar-refractivity contribution in [1.82, 2.24) is 14.9 Å². The number of nitrogens with one attached hydrogen (secondary N) is 1. The van der Waals surface area contributed by atoms with E-state index in [0.717, 1.165) is 6.54 Å². The van der Waals surface area contributed by atoms with Crippen LogP contribution in [0, 0.1) is 0 Å². The van der Waals surface area contributed by atoms with Gasteiger partial charge in [-0.2, -0.15) is 0 Å². The Hall–Kier alpha value is -1.61. The smallest absolute Gasteiger partial charge is 0.0953 e. The molecule has 1 heterocycles. The molecule has 1 aromatic heterocycles. The van der Waals surface area contributed by atoms with Gasteiger partial charge < -0.3 is 9.88 Å². The van der Waals surface area contributed by atoms with Crippen LogP contribution in [-0.4, -0.2) is 16.6 Å². The lowest BCUT2D eigenvalue weighted by Crippen LogP contribution is -2.04. The molecule has 3 rings (SSSR count). The first-order valence-corrected chi connectivity index (χ1v) is 6.14. The Kier molecular flexibility index (Phi) is 2.69. The second kappa shape index (κ2) is 4.34. The van der Waals surface area contributed by atoms with Gasteiger partial charge in [-0.3, -0.25) is 0 Å².